The minimum absolute atomic E-state index is 0.343. The lowest BCUT2D eigenvalue weighted by molar-refractivity contribution is 0.0697. The lowest BCUT2D eigenvalue weighted by Crippen LogP contribution is -2.30. The maximum Gasteiger partial charge on any atom is 0.335 e. The summed E-state index contributed by atoms with van der Waals surface area (Å²) >= 11 is 0. The molecule has 1 unspecified atom stereocenters. The number of benzene rings is 1. The number of carboxylic acid groups (broad SMARTS) is 1. The van der Waals surface area contributed by atoms with Crippen LogP contribution in [0.15, 0.2) is 18.2 Å². The first-order chi connectivity index (χ1) is 8.74. The summed E-state index contributed by atoms with van der Waals surface area (Å²) in [6.45, 7) is 2.78. The average molecular weight is 247 g/mol. The van der Waals surface area contributed by atoms with E-state index in [4.69, 9.17) is 9.84 Å². The molecule has 18 heavy (non-hydrogen) atoms. The van der Waals surface area contributed by atoms with Crippen molar-refractivity contribution in [1.82, 2.24) is 0 Å². The van der Waals surface area contributed by atoms with E-state index in [1.807, 2.05) is 6.07 Å². The van der Waals surface area contributed by atoms with Crippen molar-refractivity contribution >= 4 is 11.7 Å². The Balaban J connectivity index is 1.77. The van der Waals surface area contributed by atoms with E-state index in [-0.39, 0.29) is 0 Å². The van der Waals surface area contributed by atoms with Gasteiger partial charge in [-0.2, -0.15) is 0 Å². The normalized spacial score (nSPS) is 22.2. The molecule has 0 aliphatic carbocycles. The topological polar surface area (TPSA) is 49.8 Å². The first kappa shape index (κ1) is 11.5. The Morgan fingerprint density at radius 2 is 2.39 bits per heavy atom. The Kier molecular flexibility index (Phi) is 2.96. The van der Waals surface area contributed by atoms with Gasteiger partial charge in [0.25, 0.3) is 0 Å². The molecule has 1 N–H and O–H groups in total. The maximum atomic E-state index is 10.9. The van der Waals surface area contributed by atoms with Crippen molar-refractivity contribution < 1.29 is 14.6 Å². The highest BCUT2D eigenvalue weighted by atomic mass is 16.5. The molecule has 96 valence electrons. The van der Waals surface area contributed by atoms with Crippen molar-refractivity contribution in [1.29, 1.82) is 0 Å². The van der Waals surface area contributed by atoms with Crippen molar-refractivity contribution in [3.05, 3.63) is 29.3 Å². The van der Waals surface area contributed by atoms with Crippen LogP contribution in [0.5, 0.6) is 0 Å². The van der Waals surface area contributed by atoms with Gasteiger partial charge in [-0.3, -0.25) is 0 Å². The van der Waals surface area contributed by atoms with Crippen molar-refractivity contribution in [3.63, 3.8) is 0 Å². The van der Waals surface area contributed by atoms with Gasteiger partial charge in [-0.1, -0.05) is 0 Å². The van der Waals surface area contributed by atoms with Gasteiger partial charge in [0.15, 0.2) is 0 Å². The van der Waals surface area contributed by atoms with E-state index in [2.05, 4.69) is 4.90 Å². The van der Waals surface area contributed by atoms with E-state index in [1.54, 1.807) is 12.1 Å². The zero-order chi connectivity index (χ0) is 12.5. The molecule has 2 aliphatic rings. The van der Waals surface area contributed by atoms with Gasteiger partial charge in [0.05, 0.1) is 11.7 Å². The number of anilines is 1. The number of hydrogen-bond acceptors (Lipinski definition) is 3. The molecule has 0 bridgehead atoms. The van der Waals surface area contributed by atoms with Gasteiger partial charge < -0.3 is 14.7 Å². The predicted octanol–water partition coefficient (Wildman–Crippen LogP) is 1.93. The van der Waals surface area contributed by atoms with E-state index in [0.29, 0.717) is 11.7 Å². The van der Waals surface area contributed by atoms with Crippen molar-refractivity contribution in [2.24, 2.45) is 0 Å². The monoisotopic (exact) mass is 247 g/mol. The van der Waals surface area contributed by atoms with Gasteiger partial charge >= 0.3 is 5.97 Å². The standard InChI is InChI=1S/C14H17NO3/c16-14(17)11-3-4-13-10(8-11)5-6-15(13)9-12-2-1-7-18-12/h3-4,8,12H,1-2,5-7,9H2,(H,16,17). The SMILES string of the molecule is O=C(O)c1ccc2c(c1)CCN2CC1CCCO1. The van der Waals surface area contributed by atoms with E-state index in [9.17, 15) is 4.79 Å². The Bertz CT molecular complexity index is 466. The molecule has 1 aromatic rings. The molecule has 0 radical (unpaired) electrons. The third-order valence-corrected chi connectivity index (χ3v) is 3.77. The fourth-order valence-electron chi connectivity index (χ4n) is 2.83. The van der Waals surface area contributed by atoms with Crippen molar-refractivity contribution in [2.45, 2.75) is 25.4 Å². The second-order valence-corrected chi connectivity index (χ2v) is 4.98. The molecule has 0 saturated carbocycles. The number of carbonyl (C=O) groups is 1. The van der Waals surface area contributed by atoms with E-state index >= 15 is 0 Å². The Hall–Kier alpha value is -1.55. The lowest BCUT2D eigenvalue weighted by Gasteiger charge is -2.22. The van der Waals surface area contributed by atoms with Crippen LogP contribution in [0.1, 0.15) is 28.8 Å². The summed E-state index contributed by atoms with van der Waals surface area (Å²) in [5.41, 5.74) is 2.70. The van der Waals surface area contributed by atoms with Crippen LogP contribution in [0.4, 0.5) is 5.69 Å². The van der Waals surface area contributed by atoms with Crippen LogP contribution in [-0.2, 0) is 11.2 Å². The highest BCUT2D eigenvalue weighted by Crippen LogP contribution is 2.30. The third-order valence-electron chi connectivity index (χ3n) is 3.77. The largest absolute Gasteiger partial charge is 0.478 e. The van der Waals surface area contributed by atoms with Gasteiger partial charge in [0, 0.05) is 25.4 Å². The number of rotatable bonds is 3. The van der Waals surface area contributed by atoms with Crippen LogP contribution >= 0.6 is 0 Å². The van der Waals surface area contributed by atoms with E-state index < -0.39 is 5.97 Å². The molecular weight excluding hydrogens is 230 g/mol. The summed E-state index contributed by atoms with van der Waals surface area (Å²) in [6.07, 6.45) is 3.57. The van der Waals surface area contributed by atoms with Gasteiger partial charge in [-0.05, 0) is 43.0 Å². The Morgan fingerprint density at radius 3 is 3.11 bits per heavy atom. The van der Waals surface area contributed by atoms with Crippen LogP contribution in [0, 0.1) is 0 Å². The molecule has 2 heterocycles. The summed E-state index contributed by atoms with van der Waals surface area (Å²) < 4.78 is 5.66. The van der Waals surface area contributed by atoms with Crippen molar-refractivity contribution in [3.8, 4) is 0 Å². The van der Waals surface area contributed by atoms with Crippen LogP contribution in [0.2, 0.25) is 0 Å². The predicted molar refractivity (Wildman–Crippen MR) is 68.3 cm³/mol. The minimum atomic E-state index is -0.852. The molecule has 0 amide bonds. The third kappa shape index (κ3) is 2.08. The first-order valence-corrected chi connectivity index (χ1v) is 6.47. The number of hydrogen-bond donors (Lipinski definition) is 1. The zero-order valence-corrected chi connectivity index (χ0v) is 10.3. The van der Waals surface area contributed by atoms with Gasteiger partial charge in [0.2, 0.25) is 0 Å². The van der Waals surface area contributed by atoms with Gasteiger partial charge in [-0.25, -0.2) is 4.79 Å². The van der Waals surface area contributed by atoms with Crippen LogP contribution in [0.25, 0.3) is 0 Å². The second kappa shape index (κ2) is 4.61. The number of aromatic carboxylic acids is 1. The summed E-state index contributed by atoms with van der Waals surface area (Å²) in [7, 11) is 0. The molecule has 4 nitrogen and oxygen atoms in total. The molecule has 1 saturated heterocycles. The molecule has 1 fully saturated rings. The molecule has 4 heteroatoms. The van der Waals surface area contributed by atoms with Crippen LogP contribution in [0.3, 0.4) is 0 Å². The number of ether oxygens (including phenoxy) is 1. The van der Waals surface area contributed by atoms with Crippen LogP contribution < -0.4 is 4.90 Å². The molecule has 0 spiro atoms. The Morgan fingerprint density at radius 1 is 1.50 bits per heavy atom. The van der Waals surface area contributed by atoms with Crippen molar-refractivity contribution in [2.75, 3.05) is 24.6 Å². The van der Waals surface area contributed by atoms with E-state index in [0.717, 1.165) is 44.5 Å². The highest BCUT2D eigenvalue weighted by Gasteiger charge is 2.25. The summed E-state index contributed by atoms with van der Waals surface area (Å²) in [5, 5.41) is 8.98. The minimum Gasteiger partial charge on any atom is -0.478 e. The first-order valence-electron chi connectivity index (χ1n) is 6.47. The summed E-state index contributed by atoms with van der Waals surface area (Å²) in [6, 6.07) is 5.42. The van der Waals surface area contributed by atoms with E-state index in [1.165, 1.54) is 5.69 Å². The molecule has 1 atom stereocenters. The van der Waals surface area contributed by atoms with Gasteiger partial charge in [0.1, 0.15) is 0 Å². The van der Waals surface area contributed by atoms with Gasteiger partial charge in [-0.15, -0.1) is 0 Å². The molecular formula is C14H17NO3. The summed E-state index contributed by atoms with van der Waals surface area (Å²) in [4.78, 5) is 13.2. The average Bonchev–Trinajstić information content (AvgIpc) is 2.99. The maximum absolute atomic E-state index is 10.9. The van der Waals surface area contributed by atoms with Crippen LogP contribution in [-0.4, -0.2) is 36.9 Å². The quantitative estimate of drug-likeness (QED) is 0.886. The molecule has 2 aliphatic heterocycles. The highest BCUT2D eigenvalue weighted by molar-refractivity contribution is 5.88. The molecule has 1 aromatic carbocycles. The lowest BCUT2D eigenvalue weighted by atomic mass is 10.1. The number of fused-ring (bicyclic) bond motifs is 1. The fraction of sp³-hybridized carbons (Fsp3) is 0.500. The molecule has 0 aromatic heterocycles. The summed E-state index contributed by atoms with van der Waals surface area (Å²) in [5.74, 6) is -0.852. The smallest absolute Gasteiger partial charge is 0.335 e. The zero-order valence-electron chi connectivity index (χ0n) is 10.3. The number of carboxylic acids is 1. The number of nitrogens with zero attached hydrogens (tertiary/aromatic N) is 1. The fourth-order valence-corrected chi connectivity index (χ4v) is 2.83. The second-order valence-electron chi connectivity index (χ2n) is 4.98. The molecule has 3 rings (SSSR count). The Labute approximate surface area is 106 Å².